The molecule has 0 saturated carbocycles. The second-order valence-corrected chi connectivity index (χ2v) is 4.82. The summed E-state index contributed by atoms with van der Waals surface area (Å²) in [5.41, 5.74) is -0.688. The van der Waals surface area contributed by atoms with Crippen LogP contribution in [-0.4, -0.2) is 16.3 Å². The number of benzene rings is 1. The second-order valence-electron chi connectivity index (χ2n) is 4.82. The molecule has 2 nitrogen and oxygen atoms in total. The normalized spacial score (nSPS) is 24.9. The largest absolute Gasteiger partial charge is 0.484 e. The summed E-state index contributed by atoms with van der Waals surface area (Å²) >= 11 is 0. The first-order chi connectivity index (χ1) is 6.82. The third-order valence-corrected chi connectivity index (χ3v) is 3.19. The number of hydrogen-bond acceptors (Lipinski definition) is 2. The van der Waals surface area contributed by atoms with Gasteiger partial charge in [-0.05, 0) is 32.4 Å². The molecule has 1 atom stereocenters. The smallest absolute Gasteiger partial charge is 0.138 e. The van der Waals surface area contributed by atoms with E-state index in [1.807, 2.05) is 6.92 Å². The maximum absolute atomic E-state index is 13.0. The van der Waals surface area contributed by atoms with Gasteiger partial charge in [-0.25, -0.2) is 4.39 Å². The molecule has 1 aliphatic heterocycles. The lowest BCUT2D eigenvalue weighted by Crippen LogP contribution is -2.51. The average Bonchev–Trinajstić information content (AvgIpc) is 2.40. The van der Waals surface area contributed by atoms with Gasteiger partial charge >= 0.3 is 0 Å². The Bertz CT molecular complexity index is 395. The number of rotatable bonds is 1. The highest BCUT2D eigenvalue weighted by Crippen LogP contribution is 2.40. The Labute approximate surface area is 88.7 Å². The molecule has 1 aliphatic rings. The molecule has 0 aliphatic carbocycles. The van der Waals surface area contributed by atoms with E-state index in [4.69, 9.17) is 4.74 Å². The zero-order chi connectivity index (χ0) is 11.3. The lowest BCUT2D eigenvalue weighted by Gasteiger charge is -2.36. The van der Waals surface area contributed by atoms with Crippen molar-refractivity contribution >= 4 is 0 Å². The van der Waals surface area contributed by atoms with Gasteiger partial charge < -0.3 is 9.84 Å². The summed E-state index contributed by atoms with van der Waals surface area (Å²) in [5, 5.41) is 10.00. The van der Waals surface area contributed by atoms with Gasteiger partial charge in [0.15, 0.2) is 0 Å². The summed E-state index contributed by atoms with van der Waals surface area (Å²) in [5.74, 6) is 0.230. The van der Waals surface area contributed by atoms with Crippen LogP contribution in [-0.2, 0) is 6.42 Å². The van der Waals surface area contributed by atoms with Crippen molar-refractivity contribution in [2.45, 2.75) is 38.4 Å². The predicted molar refractivity (Wildman–Crippen MR) is 55.4 cm³/mol. The maximum atomic E-state index is 13.0. The van der Waals surface area contributed by atoms with Crippen molar-refractivity contribution in [3.05, 3.63) is 29.6 Å². The van der Waals surface area contributed by atoms with Gasteiger partial charge in [-0.2, -0.15) is 0 Å². The number of halogens is 1. The first-order valence-corrected chi connectivity index (χ1v) is 5.02. The van der Waals surface area contributed by atoms with Crippen LogP contribution < -0.4 is 4.74 Å². The monoisotopic (exact) mass is 210 g/mol. The van der Waals surface area contributed by atoms with Gasteiger partial charge in [0.25, 0.3) is 0 Å². The molecule has 1 aromatic carbocycles. The van der Waals surface area contributed by atoms with Crippen molar-refractivity contribution in [2.75, 3.05) is 0 Å². The van der Waals surface area contributed by atoms with Crippen LogP contribution in [0, 0.1) is 5.82 Å². The van der Waals surface area contributed by atoms with E-state index in [9.17, 15) is 9.50 Å². The van der Waals surface area contributed by atoms with E-state index in [2.05, 4.69) is 0 Å². The van der Waals surface area contributed by atoms with Gasteiger partial charge in [0, 0.05) is 12.5 Å². The van der Waals surface area contributed by atoms with E-state index in [-0.39, 0.29) is 5.82 Å². The summed E-state index contributed by atoms with van der Waals surface area (Å²) in [7, 11) is 0. The zero-order valence-corrected chi connectivity index (χ0v) is 9.17. The first kappa shape index (κ1) is 10.4. The first-order valence-electron chi connectivity index (χ1n) is 5.02. The molecule has 3 heteroatoms. The number of fused-ring (bicyclic) bond motifs is 1. The van der Waals surface area contributed by atoms with Crippen molar-refractivity contribution < 1.29 is 14.2 Å². The Morgan fingerprint density at radius 2 is 2.13 bits per heavy atom. The molecular weight excluding hydrogens is 195 g/mol. The van der Waals surface area contributed by atoms with E-state index >= 15 is 0 Å². The van der Waals surface area contributed by atoms with Crippen LogP contribution in [0.2, 0.25) is 0 Å². The number of aliphatic hydroxyl groups is 1. The fraction of sp³-hybridized carbons (Fsp3) is 0.500. The van der Waals surface area contributed by atoms with Crippen LogP contribution >= 0.6 is 0 Å². The Morgan fingerprint density at radius 3 is 2.73 bits per heavy atom. The fourth-order valence-corrected chi connectivity index (χ4v) is 1.75. The zero-order valence-electron chi connectivity index (χ0n) is 9.17. The molecule has 0 amide bonds. The van der Waals surface area contributed by atoms with E-state index in [1.54, 1.807) is 19.9 Å². The van der Waals surface area contributed by atoms with Crippen LogP contribution in [0.4, 0.5) is 4.39 Å². The SMILES string of the molecule is CC(C)(O)C1(C)Cc2ccc(F)cc2O1. The summed E-state index contributed by atoms with van der Waals surface area (Å²) in [4.78, 5) is 0. The molecule has 0 saturated heterocycles. The second kappa shape index (κ2) is 2.95. The molecule has 0 spiro atoms. The highest BCUT2D eigenvalue weighted by Gasteiger charge is 2.46. The standard InChI is InChI=1S/C12H15FO2/c1-11(2,14)12(3)7-8-4-5-9(13)6-10(8)15-12/h4-6,14H,7H2,1-3H3. The van der Waals surface area contributed by atoms with Crippen molar-refractivity contribution in [2.24, 2.45) is 0 Å². The van der Waals surface area contributed by atoms with Crippen LogP contribution in [0.25, 0.3) is 0 Å². The van der Waals surface area contributed by atoms with Gasteiger partial charge in [-0.3, -0.25) is 0 Å². The van der Waals surface area contributed by atoms with Crippen LogP contribution in [0.3, 0.4) is 0 Å². The topological polar surface area (TPSA) is 29.5 Å². The Balaban J connectivity index is 2.37. The van der Waals surface area contributed by atoms with E-state index in [0.717, 1.165) is 5.56 Å². The summed E-state index contributed by atoms with van der Waals surface area (Å²) in [6.45, 7) is 5.25. The van der Waals surface area contributed by atoms with Crippen LogP contribution in [0.5, 0.6) is 5.75 Å². The average molecular weight is 210 g/mol. The molecule has 0 radical (unpaired) electrons. The van der Waals surface area contributed by atoms with Gasteiger partial charge in [-0.1, -0.05) is 6.07 Å². The minimum Gasteiger partial charge on any atom is -0.484 e. The molecule has 2 rings (SSSR count). The van der Waals surface area contributed by atoms with E-state index in [0.29, 0.717) is 12.2 Å². The van der Waals surface area contributed by atoms with E-state index < -0.39 is 11.2 Å². The minimum absolute atomic E-state index is 0.311. The fourth-order valence-electron chi connectivity index (χ4n) is 1.75. The van der Waals surface area contributed by atoms with Gasteiger partial charge in [0.2, 0.25) is 0 Å². The molecule has 1 aromatic rings. The van der Waals surface area contributed by atoms with Crippen molar-refractivity contribution in [1.82, 2.24) is 0 Å². The summed E-state index contributed by atoms with van der Waals surface area (Å²) in [6.07, 6.45) is 0.603. The minimum atomic E-state index is -0.956. The van der Waals surface area contributed by atoms with Crippen molar-refractivity contribution in [3.63, 3.8) is 0 Å². The molecule has 0 aromatic heterocycles. The molecule has 1 heterocycles. The van der Waals surface area contributed by atoms with Gasteiger partial charge in [-0.15, -0.1) is 0 Å². The molecule has 0 bridgehead atoms. The Kier molecular flexibility index (Phi) is 2.05. The van der Waals surface area contributed by atoms with Crippen LogP contribution in [0.1, 0.15) is 26.3 Å². The van der Waals surface area contributed by atoms with Gasteiger partial charge in [0.1, 0.15) is 17.2 Å². The number of hydrogen-bond donors (Lipinski definition) is 1. The molecule has 82 valence electrons. The Morgan fingerprint density at radius 1 is 1.47 bits per heavy atom. The lowest BCUT2D eigenvalue weighted by molar-refractivity contribution is -0.0900. The summed E-state index contributed by atoms with van der Waals surface area (Å²) < 4.78 is 18.6. The highest BCUT2D eigenvalue weighted by molar-refractivity contribution is 5.40. The molecule has 1 N–H and O–H groups in total. The lowest BCUT2D eigenvalue weighted by atomic mass is 9.84. The molecule has 15 heavy (non-hydrogen) atoms. The summed E-state index contributed by atoms with van der Waals surface area (Å²) in [6, 6.07) is 4.49. The van der Waals surface area contributed by atoms with Crippen LogP contribution in [0.15, 0.2) is 18.2 Å². The third-order valence-electron chi connectivity index (χ3n) is 3.19. The van der Waals surface area contributed by atoms with Crippen molar-refractivity contribution in [1.29, 1.82) is 0 Å². The van der Waals surface area contributed by atoms with E-state index in [1.165, 1.54) is 12.1 Å². The molecular formula is C12H15FO2. The highest BCUT2D eigenvalue weighted by atomic mass is 19.1. The number of ether oxygens (including phenoxy) is 1. The quantitative estimate of drug-likeness (QED) is 0.770. The molecule has 1 unspecified atom stereocenters. The van der Waals surface area contributed by atoms with Crippen molar-refractivity contribution in [3.8, 4) is 5.75 Å². The maximum Gasteiger partial charge on any atom is 0.138 e. The Hall–Kier alpha value is -1.09. The van der Waals surface area contributed by atoms with Gasteiger partial charge in [0.05, 0.1) is 5.60 Å². The third kappa shape index (κ3) is 1.61. The predicted octanol–water partition coefficient (Wildman–Crippen LogP) is 2.29. The molecule has 0 fully saturated rings.